The number of pyridine rings is 1. The first-order valence-corrected chi connectivity index (χ1v) is 4.69. The molecule has 7 heteroatoms. The number of amides is 1. The molecule has 1 aromatic heterocycles. The van der Waals surface area contributed by atoms with E-state index in [2.05, 4.69) is 10.3 Å². The van der Waals surface area contributed by atoms with Crippen LogP contribution in [0, 0.1) is 0 Å². The molecule has 5 nitrogen and oxygen atoms in total. The van der Waals surface area contributed by atoms with Crippen LogP contribution < -0.4 is 11.1 Å². The highest BCUT2D eigenvalue weighted by molar-refractivity contribution is 5.90. The molecule has 1 heterocycles. The van der Waals surface area contributed by atoms with E-state index in [1.807, 2.05) is 0 Å². The highest BCUT2D eigenvalue weighted by atomic mass is 35.5. The molecule has 0 aliphatic heterocycles. The lowest BCUT2D eigenvalue weighted by Gasteiger charge is -2.12. The molecule has 0 spiro atoms. The van der Waals surface area contributed by atoms with Gasteiger partial charge >= 0.3 is 0 Å². The summed E-state index contributed by atoms with van der Waals surface area (Å²) in [7, 11) is 1.54. The van der Waals surface area contributed by atoms with Crippen molar-refractivity contribution in [3.63, 3.8) is 0 Å². The minimum Gasteiger partial charge on any atom is -0.380 e. The molecule has 0 aromatic carbocycles. The lowest BCUT2D eigenvalue weighted by Crippen LogP contribution is -2.28. The Morgan fingerprint density at radius 3 is 2.76 bits per heavy atom. The zero-order valence-electron chi connectivity index (χ0n) is 9.46. The number of hydrogen-bond donors (Lipinski definition) is 2. The van der Waals surface area contributed by atoms with Crippen LogP contribution in [0.15, 0.2) is 24.5 Å². The Balaban J connectivity index is 0. The monoisotopic (exact) mass is 281 g/mol. The maximum Gasteiger partial charge on any atom is 0.227 e. The molecule has 0 radical (unpaired) electrons. The summed E-state index contributed by atoms with van der Waals surface area (Å²) < 4.78 is 5.01. The van der Waals surface area contributed by atoms with Gasteiger partial charge in [0.1, 0.15) is 0 Å². The summed E-state index contributed by atoms with van der Waals surface area (Å²) in [5, 5.41) is 2.70. The van der Waals surface area contributed by atoms with Crippen molar-refractivity contribution in [3.8, 4) is 0 Å². The average Bonchev–Trinajstić information content (AvgIpc) is 2.27. The van der Waals surface area contributed by atoms with Gasteiger partial charge in [0.15, 0.2) is 0 Å². The number of nitrogens with one attached hydrogen (secondary N) is 1. The largest absolute Gasteiger partial charge is 0.380 e. The third-order valence-corrected chi connectivity index (χ3v) is 1.95. The van der Waals surface area contributed by atoms with Gasteiger partial charge in [0.25, 0.3) is 0 Å². The molecule has 0 fully saturated rings. The Morgan fingerprint density at radius 1 is 1.59 bits per heavy atom. The number of halogens is 2. The molecule has 3 N–H and O–H groups in total. The zero-order chi connectivity index (χ0) is 11.1. The lowest BCUT2D eigenvalue weighted by atomic mass is 10.2. The van der Waals surface area contributed by atoms with Crippen LogP contribution >= 0.6 is 24.8 Å². The van der Waals surface area contributed by atoms with Crippen LogP contribution in [-0.2, 0) is 9.53 Å². The van der Waals surface area contributed by atoms with Crippen LogP contribution in [0.4, 0.5) is 5.69 Å². The van der Waals surface area contributed by atoms with Crippen LogP contribution in [0.3, 0.4) is 0 Å². The third-order valence-electron chi connectivity index (χ3n) is 1.95. The van der Waals surface area contributed by atoms with Gasteiger partial charge in [-0.05, 0) is 12.1 Å². The van der Waals surface area contributed by atoms with Crippen LogP contribution in [0.5, 0.6) is 0 Å². The van der Waals surface area contributed by atoms with E-state index in [1.54, 1.807) is 24.5 Å². The van der Waals surface area contributed by atoms with Crippen molar-refractivity contribution in [1.29, 1.82) is 0 Å². The normalized spacial score (nSPS) is 10.7. The van der Waals surface area contributed by atoms with Gasteiger partial charge in [-0.15, -0.1) is 24.8 Å². The number of nitrogens with zero attached hydrogens (tertiary/aromatic N) is 1. The number of methoxy groups -OCH3 is 1. The number of nitrogens with two attached hydrogens (primary N) is 1. The van der Waals surface area contributed by atoms with Crippen molar-refractivity contribution in [3.05, 3.63) is 24.5 Å². The van der Waals surface area contributed by atoms with Gasteiger partial charge < -0.3 is 15.8 Å². The van der Waals surface area contributed by atoms with E-state index in [0.717, 1.165) is 0 Å². The predicted molar refractivity (Wildman–Crippen MR) is 71.8 cm³/mol. The summed E-state index contributed by atoms with van der Waals surface area (Å²) in [5.74, 6) is -0.125. The average molecular weight is 282 g/mol. The first-order valence-electron chi connectivity index (χ1n) is 4.69. The highest BCUT2D eigenvalue weighted by Gasteiger charge is 2.11. The van der Waals surface area contributed by atoms with Crippen LogP contribution in [0.25, 0.3) is 0 Å². The van der Waals surface area contributed by atoms with Gasteiger partial charge in [0.2, 0.25) is 5.91 Å². The molecule has 1 amide bonds. The number of anilines is 1. The third kappa shape index (κ3) is 7.12. The SMILES string of the molecule is COC(CN)CC(=O)Nc1cccnc1.Cl.Cl. The van der Waals surface area contributed by atoms with Crippen LogP contribution in [-0.4, -0.2) is 30.6 Å². The molecule has 0 saturated heterocycles. The first-order chi connectivity index (χ1) is 7.26. The van der Waals surface area contributed by atoms with Crippen molar-refractivity contribution in [2.75, 3.05) is 19.0 Å². The molecule has 98 valence electrons. The van der Waals surface area contributed by atoms with E-state index in [1.165, 1.54) is 7.11 Å². The fourth-order valence-electron chi connectivity index (χ4n) is 1.12. The van der Waals surface area contributed by atoms with E-state index in [-0.39, 0.29) is 43.2 Å². The van der Waals surface area contributed by atoms with Crippen molar-refractivity contribution in [1.82, 2.24) is 4.98 Å². The molecular weight excluding hydrogens is 265 g/mol. The first kappa shape index (κ1) is 18.5. The number of aromatic nitrogens is 1. The van der Waals surface area contributed by atoms with Crippen molar-refractivity contribution in [2.24, 2.45) is 5.73 Å². The second kappa shape index (κ2) is 10.3. The molecule has 0 aliphatic rings. The van der Waals surface area contributed by atoms with Gasteiger partial charge in [-0.1, -0.05) is 0 Å². The van der Waals surface area contributed by atoms with E-state index in [4.69, 9.17) is 10.5 Å². The molecule has 1 aromatic rings. The van der Waals surface area contributed by atoms with Gasteiger partial charge in [0.05, 0.1) is 24.4 Å². The topological polar surface area (TPSA) is 77.2 Å². The second-order valence-corrected chi connectivity index (χ2v) is 3.09. The molecule has 1 atom stereocenters. The molecule has 0 saturated carbocycles. The summed E-state index contributed by atoms with van der Waals surface area (Å²) in [6.07, 6.45) is 3.25. The second-order valence-electron chi connectivity index (χ2n) is 3.09. The summed E-state index contributed by atoms with van der Waals surface area (Å²) >= 11 is 0. The molecule has 1 unspecified atom stereocenters. The minimum absolute atomic E-state index is 0. The molecule has 1 rings (SSSR count). The Kier molecular flexibility index (Phi) is 11.2. The minimum atomic E-state index is -0.235. The Morgan fingerprint density at radius 2 is 2.29 bits per heavy atom. The van der Waals surface area contributed by atoms with Gasteiger partial charge in [-0.25, -0.2) is 0 Å². The van der Waals surface area contributed by atoms with Gasteiger partial charge in [0, 0.05) is 19.9 Å². The summed E-state index contributed by atoms with van der Waals surface area (Å²) in [4.78, 5) is 15.4. The smallest absolute Gasteiger partial charge is 0.227 e. The fourth-order valence-corrected chi connectivity index (χ4v) is 1.12. The Hall–Kier alpha value is -0.880. The van der Waals surface area contributed by atoms with Crippen LogP contribution in [0.2, 0.25) is 0 Å². The quantitative estimate of drug-likeness (QED) is 0.851. The summed E-state index contributed by atoms with van der Waals surface area (Å²) in [6.45, 7) is 0.330. The van der Waals surface area contributed by atoms with Gasteiger partial charge in [-0.2, -0.15) is 0 Å². The van der Waals surface area contributed by atoms with Crippen molar-refractivity contribution in [2.45, 2.75) is 12.5 Å². The highest BCUT2D eigenvalue weighted by Crippen LogP contribution is 2.04. The van der Waals surface area contributed by atoms with E-state index < -0.39 is 0 Å². The number of carbonyl (C=O) groups is 1. The summed E-state index contributed by atoms with van der Waals surface area (Å²) in [5.41, 5.74) is 6.08. The maximum atomic E-state index is 11.5. The Labute approximate surface area is 113 Å². The summed E-state index contributed by atoms with van der Waals surface area (Å²) in [6, 6.07) is 3.53. The van der Waals surface area contributed by atoms with E-state index in [9.17, 15) is 4.79 Å². The lowest BCUT2D eigenvalue weighted by molar-refractivity contribution is -0.118. The zero-order valence-corrected chi connectivity index (χ0v) is 11.1. The molecule has 17 heavy (non-hydrogen) atoms. The van der Waals surface area contributed by atoms with Crippen molar-refractivity contribution < 1.29 is 9.53 Å². The van der Waals surface area contributed by atoms with Crippen LogP contribution in [0.1, 0.15) is 6.42 Å². The van der Waals surface area contributed by atoms with Crippen molar-refractivity contribution >= 4 is 36.4 Å². The maximum absolute atomic E-state index is 11.5. The predicted octanol–water partition coefficient (Wildman–Crippen LogP) is 1.23. The Bertz CT molecular complexity index is 308. The van der Waals surface area contributed by atoms with E-state index in [0.29, 0.717) is 12.2 Å². The molecule has 0 bridgehead atoms. The number of carbonyl (C=O) groups excluding carboxylic acids is 1. The molecule has 0 aliphatic carbocycles. The molecular formula is C10H17Cl2N3O2. The number of hydrogen-bond acceptors (Lipinski definition) is 4. The standard InChI is InChI=1S/C10H15N3O2.2ClH/c1-15-9(6-11)5-10(14)13-8-3-2-4-12-7-8;;/h2-4,7,9H,5-6,11H2,1H3,(H,13,14);2*1H. The number of ether oxygens (including phenoxy) is 1. The van der Waals surface area contributed by atoms with E-state index >= 15 is 0 Å². The fraction of sp³-hybridized carbons (Fsp3) is 0.400. The van der Waals surface area contributed by atoms with Gasteiger partial charge in [-0.3, -0.25) is 9.78 Å². The number of rotatable bonds is 5.